The van der Waals surface area contributed by atoms with Crippen LogP contribution < -0.4 is 4.72 Å². The lowest BCUT2D eigenvalue weighted by molar-refractivity contribution is 0.600. The fourth-order valence-electron chi connectivity index (χ4n) is 2.04. The Labute approximate surface area is 124 Å². The van der Waals surface area contributed by atoms with E-state index in [1.165, 1.54) is 0 Å². The van der Waals surface area contributed by atoms with Crippen LogP contribution in [0.1, 0.15) is 16.7 Å². The van der Waals surface area contributed by atoms with Gasteiger partial charge in [-0.15, -0.1) is 0 Å². The zero-order valence-corrected chi connectivity index (χ0v) is 13.1. The van der Waals surface area contributed by atoms with E-state index in [9.17, 15) is 8.42 Å². The van der Waals surface area contributed by atoms with Gasteiger partial charge in [-0.3, -0.25) is 4.72 Å². The van der Waals surface area contributed by atoms with Gasteiger partial charge in [0.2, 0.25) is 0 Å². The van der Waals surface area contributed by atoms with Crippen LogP contribution in [0.2, 0.25) is 5.02 Å². The highest BCUT2D eigenvalue weighted by Crippen LogP contribution is 2.24. The first-order chi connectivity index (χ1) is 9.29. The number of benzene rings is 2. The fourth-order valence-corrected chi connectivity index (χ4v) is 3.63. The maximum absolute atomic E-state index is 12.4. The van der Waals surface area contributed by atoms with Gasteiger partial charge in [0.15, 0.2) is 0 Å². The van der Waals surface area contributed by atoms with Gasteiger partial charge in [-0.25, -0.2) is 8.42 Å². The molecule has 3 nitrogen and oxygen atoms in total. The van der Waals surface area contributed by atoms with E-state index in [-0.39, 0.29) is 4.90 Å². The van der Waals surface area contributed by atoms with Gasteiger partial charge in [-0.05, 0) is 56.2 Å². The van der Waals surface area contributed by atoms with E-state index < -0.39 is 10.0 Å². The Morgan fingerprint density at radius 3 is 2.25 bits per heavy atom. The van der Waals surface area contributed by atoms with Crippen molar-refractivity contribution < 1.29 is 8.42 Å². The Morgan fingerprint density at radius 2 is 1.65 bits per heavy atom. The van der Waals surface area contributed by atoms with E-state index in [2.05, 4.69) is 4.72 Å². The number of halogens is 1. The molecule has 106 valence electrons. The molecule has 5 heteroatoms. The highest BCUT2D eigenvalue weighted by atomic mass is 35.5. The molecule has 0 aliphatic heterocycles. The maximum atomic E-state index is 12.4. The van der Waals surface area contributed by atoms with Crippen molar-refractivity contribution in [3.63, 3.8) is 0 Å². The molecule has 2 rings (SSSR count). The van der Waals surface area contributed by atoms with Crippen LogP contribution >= 0.6 is 11.6 Å². The molecule has 0 radical (unpaired) electrons. The minimum atomic E-state index is -3.59. The lowest BCUT2D eigenvalue weighted by Crippen LogP contribution is -2.15. The molecular formula is C15H16ClNO2S. The Balaban J connectivity index is 2.41. The molecule has 0 saturated carbocycles. The van der Waals surface area contributed by atoms with Crippen LogP contribution in [0.3, 0.4) is 0 Å². The van der Waals surface area contributed by atoms with Crippen molar-refractivity contribution in [2.24, 2.45) is 0 Å². The summed E-state index contributed by atoms with van der Waals surface area (Å²) in [5.41, 5.74) is 3.08. The van der Waals surface area contributed by atoms with Crippen LogP contribution in [0.25, 0.3) is 0 Å². The van der Waals surface area contributed by atoms with Crippen LogP contribution in [0.15, 0.2) is 41.3 Å². The highest BCUT2D eigenvalue weighted by Gasteiger charge is 2.17. The van der Waals surface area contributed by atoms with Crippen molar-refractivity contribution in [3.8, 4) is 0 Å². The van der Waals surface area contributed by atoms with E-state index in [0.717, 1.165) is 16.7 Å². The molecule has 2 aromatic rings. The normalized spacial score (nSPS) is 11.4. The van der Waals surface area contributed by atoms with Crippen molar-refractivity contribution in [1.82, 2.24) is 0 Å². The molecule has 0 amide bonds. The molecule has 0 spiro atoms. The van der Waals surface area contributed by atoms with E-state index >= 15 is 0 Å². The van der Waals surface area contributed by atoms with Gasteiger partial charge in [-0.1, -0.05) is 29.3 Å². The quantitative estimate of drug-likeness (QED) is 0.929. The Bertz CT molecular complexity index is 754. The first-order valence-electron chi connectivity index (χ1n) is 6.16. The Hall–Kier alpha value is -1.52. The maximum Gasteiger partial charge on any atom is 0.262 e. The summed E-state index contributed by atoms with van der Waals surface area (Å²) in [4.78, 5) is 0.289. The number of sulfonamides is 1. The molecule has 0 unspecified atom stereocenters. The molecule has 1 N–H and O–H groups in total. The SMILES string of the molecule is Cc1ccc(S(=O)(=O)Nc2ccc(Cl)cc2C)c(C)c1. The standard InChI is InChI=1S/C15H16ClNO2S/c1-10-4-7-15(12(3)8-10)20(18,19)17-14-6-5-13(16)9-11(14)2/h4-9,17H,1-3H3. The third-order valence-corrected chi connectivity index (χ3v) is 4.81. The fraction of sp³-hybridized carbons (Fsp3) is 0.200. The third-order valence-electron chi connectivity index (χ3n) is 3.05. The summed E-state index contributed by atoms with van der Waals surface area (Å²) in [6.45, 7) is 5.53. The average molecular weight is 310 g/mol. The summed E-state index contributed by atoms with van der Waals surface area (Å²) in [7, 11) is -3.59. The predicted molar refractivity (Wildman–Crippen MR) is 82.9 cm³/mol. The van der Waals surface area contributed by atoms with Crippen molar-refractivity contribution in [2.45, 2.75) is 25.7 Å². The largest absolute Gasteiger partial charge is 0.279 e. The predicted octanol–water partition coefficient (Wildman–Crippen LogP) is 4.07. The van der Waals surface area contributed by atoms with Gasteiger partial charge in [0.1, 0.15) is 0 Å². The van der Waals surface area contributed by atoms with Gasteiger partial charge in [-0.2, -0.15) is 0 Å². The summed E-state index contributed by atoms with van der Waals surface area (Å²) in [5.74, 6) is 0. The highest BCUT2D eigenvalue weighted by molar-refractivity contribution is 7.92. The minimum Gasteiger partial charge on any atom is -0.279 e. The Kier molecular flexibility index (Phi) is 4.06. The molecule has 0 aliphatic rings. The lowest BCUT2D eigenvalue weighted by atomic mass is 10.2. The van der Waals surface area contributed by atoms with Gasteiger partial charge in [0.25, 0.3) is 10.0 Å². The van der Waals surface area contributed by atoms with E-state index in [4.69, 9.17) is 11.6 Å². The van der Waals surface area contributed by atoms with Crippen molar-refractivity contribution >= 4 is 27.3 Å². The number of aryl methyl sites for hydroxylation is 3. The topological polar surface area (TPSA) is 46.2 Å². The zero-order chi connectivity index (χ0) is 14.9. The molecule has 0 aliphatic carbocycles. The minimum absolute atomic E-state index is 0.289. The monoisotopic (exact) mass is 309 g/mol. The van der Waals surface area contributed by atoms with E-state index in [1.807, 2.05) is 19.9 Å². The summed E-state index contributed by atoms with van der Waals surface area (Å²) < 4.78 is 27.5. The van der Waals surface area contributed by atoms with Crippen LogP contribution in [0.5, 0.6) is 0 Å². The second-order valence-corrected chi connectivity index (χ2v) is 6.92. The average Bonchev–Trinajstić information content (AvgIpc) is 2.32. The van der Waals surface area contributed by atoms with Gasteiger partial charge >= 0.3 is 0 Å². The molecule has 0 aromatic heterocycles. The number of hydrogen-bond acceptors (Lipinski definition) is 2. The van der Waals surface area contributed by atoms with E-state index in [1.54, 1.807) is 37.3 Å². The first kappa shape index (κ1) is 14.9. The van der Waals surface area contributed by atoms with Gasteiger partial charge in [0.05, 0.1) is 10.6 Å². The summed E-state index contributed by atoms with van der Waals surface area (Å²) >= 11 is 5.87. The number of nitrogens with one attached hydrogen (secondary N) is 1. The number of hydrogen-bond donors (Lipinski definition) is 1. The second kappa shape index (κ2) is 5.46. The van der Waals surface area contributed by atoms with Crippen molar-refractivity contribution in [2.75, 3.05) is 4.72 Å². The Morgan fingerprint density at radius 1 is 0.950 bits per heavy atom. The first-order valence-corrected chi connectivity index (χ1v) is 8.02. The molecule has 0 bridgehead atoms. The third kappa shape index (κ3) is 3.14. The summed E-state index contributed by atoms with van der Waals surface area (Å²) in [5, 5.41) is 0.581. The molecule has 0 heterocycles. The molecule has 20 heavy (non-hydrogen) atoms. The van der Waals surface area contributed by atoms with E-state index in [0.29, 0.717) is 10.7 Å². The molecule has 0 fully saturated rings. The van der Waals surface area contributed by atoms with Crippen LogP contribution in [0, 0.1) is 20.8 Å². The zero-order valence-electron chi connectivity index (χ0n) is 11.6. The molecule has 2 aromatic carbocycles. The van der Waals surface area contributed by atoms with Crippen LogP contribution in [-0.4, -0.2) is 8.42 Å². The number of rotatable bonds is 3. The molecule has 0 saturated heterocycles. The second-order valence-electron chi connectivity index (χ2n) is 4.83. The van der Waals surface area contributed by atoms with Crippen molar-refractivity contribution in [1.29, 1.82) is 0 Å². The smallest absolute Gasteiger partial charge is 0.262 e. The van der Waals surface area contributed by atoms with Crippen LogP contribution in [-0.2, 0) is 10.0 Å². The molecular weight excluding hydrogens is 294 g/mol. The van der Waals surface area contributed by atoms with Gasteiger partial charge in [0, 0.05) is 5.02 Å². The van der Waals surface area contributed by atoms with Gasteiger partial charge < -0.3 is 0 Å². The van der Waals surface area contributed by atoms with Crippen LogP contribution in [0.4, 0.5) is 5.69 Å². The number of anilines is 1. The summed E-state index contributed by atoms with van der Waals surface area (Å²) in [6, 6.07) is 10.3. The summed E-state index contributed by atoms with van der Waals surface area (Å²) in [6.07, 6.45) is 0. The molecule has 0 atom stereocenters. The van der Waals surface area contributed by atoms with Crippen molar-refractivity contribution in [3.05, 3.63) is 58.1 Å². The lowest BCUT2D eigenvalue weighted by Gasteiger charge is -2.13.